The van der Waals surface area contributed by atoms with E-state index >= 15 is 0 Å². The summed E-state index contributed by atoms with van der Waals surface area (Å²) in [5.74, 6) is -1.01. The molecule has 0 bridgehead atoms. The molecule has 2 heterocycles. The van der Waals surface area contributed by atoms with Gasteiger partial charge in [-0.25, -0.2) is 9.59 Å². The second-order valence-corrected chi connectivity index (χ2v) is 4.23. The molecule has 2 aromatic rings. The lowest BCUT2D eigenvalue weighted by Gasteiger charge is -2.05. The SMILES string of the molecule is CCOC(=O)c1c(C(=O)OCC)c2ccccn2c1C. The van der Waals surface area contributed by atoms with Crippen molar-refractivity contribution < 1.29 is 19.1 Å². The number of fused-ring (bicyclic) bond motifs is 1. The maximum atomic E-state index is 12.2. The van der Waals surface area contributed by atoms with Gasteiger partial charge in [0.15, 0.2) is 0 Å². The van der Waals surface area contributed by atoms with E-state index < -0.39 is 11.9 Å². The van der Waals surface area contributed by atoms with Crippen LogP contribution in [0.15, 0.2) is 24.4 Å². The molecule has 0 radical (unpaired) electrons. The molecule has 2 rings (SSSR count). The number of pyridine rings is 1. The first-order valence-corrected chi connectivity index (χ1v) is 6.55. The van der Waals surface area contributed by atoms with Gasteiger partial charge in [-0.3, -0.25) is 0 Å². The van der Waals surface area contributed by atoms with E-state index in [4.69, 9.17) is 9.47 Å². The minimum absolute atomic E-state index is 0.254. The average Bonchev–Trinajstić information content (AvgIpc) is 2.73. The monoisotopic (exact) mass is 275 g/mol. The van der Waals surface area contributed by atoms with Gasteiger partial charge in [0.25, 0.3) is 0 Å². The third-order valence-corrected chi connectivity index (χ3v) is 3.05. The Balaban J connectivity index is 2.70. The van der Waals surface area contributed by atoms with Crippen LogP contribution in [-0.2, 0) is 9.47 Å². The lowest BCUT2D eigenvalue weighted by Crippen LogP contribution is -2.13. The van der Waals surface area contributed by atoms with Crippen molar-refractivity contribution in [2.24, 2.45) is 0 Å². The molecule has 0 fully saturated rings. The van der Waals surface area contributed by atoms with E-state index in [0.717, 1.165) is 0 Å². The van der Waals surface area contributed by atoms with Crippen LogP contribution in [0.5, 0.6) is 0 Å². The first-order valence-electron chi connectivity index (χ1n) is 6.55. The number of esters is 2. The van der Waals surface area contributed by atoms with E-state index in [1.54, 1.807) is 37.4 Å². The molecule has 0 atom stereocenters. The van der Waals surface area contributed by atoms with Crippen LogP contribution < -0.4 is 0 Å². The van der Waals surface area contributed by atoms with Crippen LogP contribution in [0.3, 0.4) is 0 Å². The zero-order valence-electron chi connectivity index (χ0n) is 11.8. The Kier molecular flexibility index (Phi) is 4.08. The lowest BCUT2D eigenvalue weighted by molar-refractivity contribution is 0.0481. The van der Waals surface area contributed by atoms with Gasteiger partial charge in [0.1, 0.15) is 0 Å². The highest BCUT2D eigenvalue weighted by Gasteiger charge is 2.27. The maximum absolute atomic E-state index is 12.2. The molecule has 0 saturated heterocycles. The van der Waals surface area contributed by atoms with Crippen molar-refractivity contribution in [2.75, 3.05) is 13.2 Å². The molecule has 0 aliphatic carbocycles. The zero-order chi connectivity index (χ0) is 14.7. The Bertz CT molecular complexity index is 657. The highest BCUT2D eigenvalue weighted by atomic mass is 16.5. The third kappa shape index (κ3) is 2.27. The normalized spacial score (nSPS) is 10.6. The molecule has 0 saturated carbocycles. The number of hydrogen-bond donors (Lipinski definition) is 0. The topological polar surface area (TPSA) is 57.0 Å². The van der Waals surface area contributed by atoms with E-state index in [0.29, 0.717) is 11.2 Å². The molecule has 5 heteroatoms. The summed E-state index contributed by atoms with van der Waals surface area (Å²) in [5, 5.41) is 0. The van der Waals surface area contributed by atoms with Gasteiger partial charge < -0.3 is 13.9 Å². The molecule has 0 amide bonds. The number of ether oxygens (including phenoxy) is 2. The summed E-state index contributed by atoms with van der Waals surface area (Å²) in [5.41, 5.74) is 1.86. The number of nitrogens with zero attached hydrogens (tertiary/aromatic N) is 1. The van der Waals surface area contributed by atoms with E-state index in [1.807, 2.05) is 12.1 Å². The van der Waals surface area contributed by atoms with Gasteiger partial charge in [-0.2, -0.15) is 0 Å². The highest BCUT2D eigenvalue weighted by molar-refractivity contribution is 6.09. The van der Waals surface area contributed by atoms with Crippen LogP contribution in [-0.4, -0.2) is 29.6 Å². The molecule has 20 heavy (non-hydrogen) atoms. The Hall–Kier alpha value is -2.30. The minimum atomic E-state index is -0.507. The molecule has 0 aromatic carbocycles. The van der Waals surface area contributed by atoms with Gasteiger partial charge in [0, 0.05) is 11.9 Å². The first-order chi connectivity index (χ1) is 9.61. The summed E-state index contributed by atoms with van der Waals surface area (Å²) in [4.78, 5) is 24.3. The van der Waals surface area contributed by atoms with Crippen molar-refractivity contribution in [1.29, 1.82) is 0 Å². The van der Waals surface area contributed by atoms with Crippen molar-refractivity contribution in [3.05, 3.63) is 41.2 Å². The third-order valence-electron chi connectivity index (χ3n) is 3.05. The predicted molar refractivity (Wildman–Crippen MR) is 74.0 cm³/mol. The van der Waals surface area contributed by atoms with Crippen molar-refractivity contribution >= 4 is 17.5 Å². The molecule has 0 spiro atoms. The van der Waals surface area contributed by atoms with Crippen molar-refractivity contribution in [1.82, 2.24) is 4.40 Å². The smallest absolute Gasteiger partial charge is 0.341 e. The van der Waals surface area contributed by atoms with Crippen molar-refractivity contribution in [3.8, 4) is 0 Å². The van der Waals surface area contributed by atoms with Crippen LogP contribution in [0.1, 0.15) is 40.3 Å². The van der Waals surface area contributed by atoms with Crippen LogP contribution in [0, 0.1) is 6.92 Å². The van der Waals surface area contributed by atoms with E-state index in [2.05, 4.69) is 0 Å². The Morgan fingerprint density at radius 1 is 1.05 bits per heavy atom. The van der Waals surface area contributed by atoms with Crippen molar-refractivity contribution in [2.45, 2.75) is 20.8 Å². The molecule has 0 unspecified atom stereocenters. The number of carbonyl (C=O) groups excluding carboxylic acids is 2. The number of aromatic nitrogens is 1. The van der Waals surface area contributed by atoms with Crippen LogP contribution in [0.4, 0.5) is 0 Å². The second-order valence-electron chi connectivity index (χ2n) is 4.23. The summed E-state index contributed by atoms with van der Waals surface area (Å²) in [6.45, 7) is 5.75. The molecular weight excluding hydrogens is 258 g/mol. The summed E-state index contributed by atoms with van der Waals surface area (Å²) in [6, 6.07) is 5.43. The van der Waals surface area contributed by atoms with E-state index in [-0.39, 0.29) is 24.3 Å². The Morgan fingerprint density at radius 3 is 2.25 bits per heavy atom. The van der Waals surface area contributed by atoms with Crippen LogP contribution in [0.2, 0.25) is 0 Å². The quantitative estimate of drug-likeness (QED) is 0.805. The van der Waals surface area contributed by atoms with Crippen LogP contribution >= 0.6 is 0 Å². The van der Waals surface area contributed by atoms with E-state index in [9.17, 15) is 9.59 Å². The van der Waals surface area contributed by atoms with Gasteiger partial charge in [0.05, 0.1) is 29.9 Å². The molecule has 0 aliphatic rings. The number of carbonyl (C=O) groups is 2. The molecule has 106 valence electrons. The Morgan fingerprint density at radius 2 is 1.65 bits per heavy atom. The van der Waals surface area contributed by atoms with Gasteiger partial charge in [0.2, 0.25) is 0 Å². The molecule has 0 N–H and O–H groups in total. The fourth-order valence-electron chi connectivity index (χ4n) is 2.23. The highest BCUT2D eigenvalue weighted by Crippen LogP contribution is 2.25. The number of rotatable bonds is 4. The lowest BCUT2D eigenvalue weighted by atomic mass is 10.1. The molecule has 5 nitrogen and oxygen atoms in total. The van der Waals surface area contributed by atoms with Gasteiger partial charge in [-0.15, -0.1) is 0 Å². The van der Waals surface area contributed by atoms with Gasteiger partial charge in [-0.05, 0) is 32.9 Å². The number of aryl methyl sites for hydroxylation is 1. The number of hydrogen-bond acceptors (Lipinski definition) is 4. The van der Waals surface area contributed by atoms with Gasteiger partial charge >= 0.3 is 11.9 Å². The maximum Gasteiger partial charge on any atom is 0.341 e. The first kappa shape index (κ1) is 14.1. The van der Waals surface area contributed by atoms with Gasteiger partial charge in [-0.1, -0.05) is 6.07 Å². The zero-order valence-corrected chi connectivity index (χ0v) is 11.8. The Labute approximate surface area is 117 Å². The van der Waals surface area contributed by atoms with Crippen LogP contribution in [0.25, 0.3) is 5.52 Å². The summed E-state index contributed by atoms with van der Waals surface area (Å²) in [7, 11) is 0. The largest absolute Gasteiger partial charge is 0.462 e. The fourth-order valence-corrected chi connectivity index (χ4v) is 2.23. The van der Waals surface area contributed by atoms with Crippen molar-refractivity contribution in [3.63, 3.8) is 0 Å². The summed E-state index contributed by atoms with van der Waals surface area (Å²) in [6.07, 6.45) is 1.80. The van der Waals surface area contributed by atoms with E-state index in [1.165, 1.54) is 0 Å². The standard InChI is InChI=1S/C15H17NO4/c1-4-19-14(17)12-10(3)16-9-7-6-8-11(16)13(12)15(18)20-5-2/h6-9H,4-5H2,1-3H3. The minimum Gasteiger partial charge on any atom is -0.462 e. The molecular formula is C15H17NO4. The average molecular weight is 275 g/mol. The molecule has 2 aromatic heterocycles. The summed E-state index contributed by atoms with van der Waals surface area (Å²) < 4.78 is 11.9. The molecule has 0 aliphatic heterocycles. The summed E-state index contributed by atoms with van der Waals surface area (Å²) >= 11 is 0. The fraction of sp³-hybridized carbons (Fsp3) is 0.333. The predicted octanol–water partition coefficient (Wildman–Crippen LogP) is 2.60. The second kappa shape index (κ2) is 5.77.